The lowest BCUT2D eigenvalue weighted by Gasteiger charge is -2.26. The van der Waals surface area contributed by atoms with Crippen LogP contribution in [-0.2, 0) is 16.0 Å². The Morgan fingerprint density at radius 2 is 2.06 bits per heavy atom. The molecule has 0 bridgehead atoms. The molecule has 1 aromatic carbocycles. The van der Waals surface area contributed by atoms with E-state index in [2.05, 4.69) is 4.98 Å². The lowest BCUT2D eigenvalue weighted by molar-refractivity contribution is -0.134. The number of carbonyl (C=O) groups is 1. The highest BCUT2D eigenvalue weighted by Gasteiger charge is 2.19. The molecule has 0 unspecified atom stereocenters. The van der Waals surface area contributed by atoms with E-state index < -0.39 is 0 Å². The highest BCUT2D eigenvalue weighted by molar-refractivity contribution is 5.79. The number of nitrogens with zero attached hydrogens (tertiary/aromatic N) is 2. The summed E-state index contributed by atoms with van der Waals surface area (Å²) in [6, 6.07) is 7.52. The molecule has 0 N–H and O–H groups in total. The van der Waals surface area contributed by atoms with Crippen molar-refractivity contribution in [2.24, 2.45) is 0 Å². The molecule has 18 heavy (non-hydrogen) atoms. The molecule has 0 aliphatic carbocycles. The van der Waals surface area contributed by atoms with Gasteiger partial charge in [-0.3, -0.25) is 4.79 Å². The molecule has 1 aliphatic rings. The number of ether oxygens (including phenoxy) is 1. The minimum atomic E-state index is 0.0462. The fourth-order valence-corrected chi connectivity index (χ4v) is 2.05. The molecule has 2 heterocycles. The van der Waals surface area contributed by atoms with Crippen molar-refractivity contribution in [1.82, 2.24) is 9.88 Å². The zero-order valence-electron chi connectivity index (χ0n) is 9.96. The molecule has 0 atom stereocenters. The van der Waals surface area contributed by atoms with Gasteiger partial charge in [-0.25, -0.2) is 4.98 Å². The Balaban J connectivity index is 1.73. The largest absolute Gasteiger partial charge is 0.440 e. The van der Waals surface area contributed by atoms with Gasteiger partial charge in [0.1, 0.15) is 11.9 Å². The van der Waals surface area contributed by atoms with E-state index in [0.717, 1.165) is 11.1 Å². The summed E-state index contributed by atoms with van der Waals surface area (Å²) in [4.78, 5) is 18.1. The van der Waals surface area contributed by atoms with Crippen molar-refractivity contribution in [1.29, 1.82) is 0 Å². The van der Waals surface area contributed by atoms with Gasteiger partial charge in [-0.15, -0.1) is 0 Å². The molecule has 1 fully saturated rings. The van der Waals surface area contributed by atoms with Crippen LogP contribution in [0.4, 0.5) is 0 Å². The van der Waals surface area contributed by atoms with Gasteiger partial charge in [-0.05, 0) is 12.1 Å². The zero-order chi connectivity index (χ0) is 12.4. The van der Waals surface area contributed by atoms with E-state index in [-0.39, 0.29) is 12.3 Å². The minimum absolute atomic E-state index is 0.0462. The summed E-state index contributed by atoms with van der Waals surface area (Å²) in [6.07, 6.45) is 0.217. The Morgan fingerprint density at radius 1 is 1.28 bits per heavy atom. The second-order valence-electron chi connectivity index (χ2n) is 4.25. The number of benzene rings is 1. The summed E-state index contributed by atoms with van der Waals surface area (Å²) in [5.41, 5.74) is 1.52. The molecule has 1 saturated heterocycles. The molecular formula is C13H14N2O3. The van der Waals surface area contributed by atoms with Crippen LogP contribution in [0.1, 0.15) is 5.89 Å². The molecule has 0 saturated carbocycles. The number of carbonyl (C=O) groups excluding carboxylic acids is 1. The third kappa shape index (κ3) is 2.22. The molecule has 1 amide bonds. The van der Waals surface area contributed by atoms with Crippen molar-refractivity contribution in [3.63, 3.8) is 0 Å². The van der Waals surface area contributed by atoms with Gasteiger partial charge < -0.3 is 14.1 Å². The van der Waals surface area contributed by atoms with Crippen LogP contribution in [0.2, 0.25) is 0 Å². The molecular weight excluding hydrogens is 232 g/mol. The van der Waals surface area contributed by atoms with Crippen molar-refractivity contribution in [3.8, 4) is 0 Å². The second-order valence-corrected chi connectivity index (χ2v) is 4.25. The summed E-state index contributed by atoms with van der Waals surface area (Å²) in [5.74, 6) is 0.526. The van der Waals surface area contributed by atoms with E-state index >= 15 is 0 Å². The maximum atomic E-state index is 12.0. The Morgan fingerprint density at radius 3 is 2.83 bits per heavy atom. The molecule has 3 rings (SSSR count). The summed E-state index contributed by atoms with van der Waals surface area (Å²) in [6.45, 7) is 2.52. The van der Waals surface area contributed by atoms with Crippen LogP contribution >= 0.6 is 0 Å². The van der Waals surface area contributed by atoms with Crippen LogP contribution in [0.25, 0.3) is 11.1 Å². The molecule has 0 radical (unpaired) electrons. The van der Waals surface area contributed by atoms with E-state index in [1.165, 1.54) is 0 Å². The number of rotatable bonds is 2. The zero-order valence-corrected chi connectivity index (χ0v) is 9.96. The highest BCUT2D eigenvalue weighted by Crippen LogP contribution is 2.15. The smallest absolute Gasteiger partial charge is 0.232 e. The van der Waals surface area contributed by atoms with Crippen molar-refractivity contribution in [2.45, 2.75) is 6.42 Å². The van der Waals surface area contributed by atoms with Crippen LogP contribution in [-0.4, -0.2) is 42.1 Å². The lowest BCUT2D eigenvalue weighted by atomic mass is 10.3. The van der Waals surface area contributed by atoms with E-state index in [1.807, 2.05) is 24.3 Å². The number of hydrogen-bond donors (Lipinski definition) is 0. The molecule has 0 spiro atoms. The van der Waals surface area contributed by atoms with Gasteiger partial charge in [-0.2, -0.15) is 0 Å². The predicted molar refractivity (Wildman–Crippen MR) is 65.1 cm³/mol. The number of para-hydroxylation sites is 2. The van der Waals surface area contributed by atoms with Crippen LogP contribution < -0.4 is 0 Å². The molecule has 5 nitrogen and oxygen atoms in total. The Hall–Kier alpha value is -1.88. The maximum Gasteiger partial charge on any atom is 0.232 e. The first-order chi connectivity index (χ1) is 8.83. The fourth-order valence-electron chi connectivity index (χ4n) is 2.05. The average molecular weight is 246 g/mol. The van der Waals surface area contributed by atoms with Gasteiger partial charge in [0.05, 0.1) is 13.2 Å². The molecule has 2 aromatic rings. The number of oxazole rings is 1. The molecule has 94 valence electrons. The second kappa shape index (κ2) is 4.78. The van der Waals surface area contributed by atoms with E-state index in [9.17, 15) is 4.79 Å². The first-order valence-electron chi connectivity index (χ1n) is 6.03. The Bertz CT molecular complexity index is 525. The van der Waals surface area contributed by atoms with Gasteiger partial charge >= 0.3 is 0 Å². The predicted octanol–water partition coefficient (Wildman–Crippen LogP) is 1.23. The van der Waals surface area contributed by atoms with Crippen LogP contribution in [0.3, 0.4) is 0 Å². The van der Waals surface area contributed by atoms with E-state index in [0.29, 0.717) is 32.2 Å². The van der Waals surface area contributed by atoms with Crippen molar-refractivity contribution < 1.29 is 13.9 Å². The number of aromatic nitrogens is 1. The monoisotopic (exact) mass is 246 g/mol. The number of fused-ring (bicyclic) bond motifs is 1. The van der Waals surface area contributed by atoms with Gasteiger partial charge in [0.2, 0.25) is 11.8 Å². The third-order valence-corrected chi connectivity index (χ3v) is 3.00. The minimum Gasteiger partial charge on any atom is -0.440 e. The van der Waals surface area contributed by atoms with Crippen molar-refractivity contribution in [3.05, 3.63) is 30.2 Å². The lowest BCUT2D eigenvalue weighted by Crippen LogP contribution is -2.41. The quantitative estimate of drug-likeness (QED) is 0.799. The maximum absolute atomic E-state index is 12.0. The molecule has 5 heteroatoms. The molecule has 1 aromatic heterocycles. The standard InChI is InChI=1S/C13H14N2O3/c16-13(15-5-7-17-8-6-15)9-12-14-10-3-1-2-4-11(10)18-12/h1-4H,5-9H2. The summed E-state index contributed by atoms with van der Waals surface area (Å²) >= 11 is 0. The normalized spacial score (nSPS) is 16.1. The van der Waals surface area contributed by atoms with Gasteiger partial charge in [0, 0.05) is 13.1 Å². The highest BCUT2D eigenvalue weighted by atomic mass is 16.5. The number of morpholine rings is 1. The Kier molecular flexibility index (Phi) is 2.98. The van der Waals surface area contributed by atoms with Gasteiger partial charge in [-0.1, -0.05) is 12.1 Å². The fraction of sp³-hybridized carbons (Fsp3) is 0.385. The average Bonchev–Trinajstić information content (AvgIpc) is 2.82. The third-order valence-electron chi connectivity index (χ3n) is 3.00. The summed E-state index contributed by atoms with van der Waals surface area (Å²) in [5, 5.41) is 0. The van der Waals surface area contributed by atoms with Crippen molar-refractivity contribution >= 4 is 17.0 Å². The first-order valence-corrected chi connectivity index (χ1v) is 6.03. The summed E-state index contributed by atoms with van der Waals surface area (Å²) < 4.78 is 10.8. The van der Waals surface area contributed by atoms with Crippen LogP contribution in [0.5, 0.6) is 0 Å². The van der Waals surface area contributed by atoms with Gasteiger partial charge in [0.15, 0.2) is 5.58 Å². The van der Waals surface area contributed by atoms with Crippen LogP contribution in [0, 0.1) is 0 Å². The number of amides is 1. The van der Waals surface area contributed by atoms with E-state index in [4.69, 9.17) is 9.15 Å². The summed E-state index contributed by atoms with van der Waals surface area (Å²) in [7, 11) is 0. The Labute approximate surface area is 104 Å². The van der Waals surface area contributed by atoms with Crippen molar-refractivity contribution in [2.75, 3.05) is 26.3 Å². The molecule has 1 aliphatic heterocycles. The SMILES string of the molecule is O=C(Cc1nc2ccccc2o1)N1CCOCC1. The first kappa shape index (κ1) is 11.2. The van der Waals surface area contributed by atoms with Gasteiger partial charge in [0.25, 0.3) is 0 Å². The van der Waals surface area contributed by atoms with E-state index in [1.54, 1.807) is 4.90 Å². The number of hydrogen-bond acceptors (Lipinski definition) is 4. The topological polar surface area (TPSA) is 55.6 Å². The van der Waals surface area contributed by atoms with Crippen LogP contribution in [0.15, 0.2) is 28.7 Å².